The molecule has 3 aliphatic carbocycles. The molecule has 4 aliphatic rings. The Hall–Kier alpha value is -1.80. The molecule has 0 spiro atoms. The molecular formula is C26H38O8. The Morgan fingerprint density at radius 2 is 1.59 bits per heavy atom. The summed E-state index contributed by atoms with van der Waals surface area (Å²) < 4.78 is 18.1. The van der Waals surface area contributed by atoms with Gasteiger partial charge >= 0.3 is 11.9 Å². The number of fused-ring (bicyclic) bond motifs is 1. The molecule has 3 saturated carbocycles. The summed E-state index contributed by atoms with van der Waals surface area (Å²) >= 11 is 0. The highest BCUT2D eigenvalue weighted by atomic mass is 16.7. The van der Waals surface area contributed by atoms with Crippen molar-refractivity contribution in [2.24, 2.45) is 33.5 Å². The second kappa shape index (κ2) is 7.85. The molecule has 4 rings (SSSR count). The molecule has 0 amide bonds. The quantitative estimate of drug-likeness (QED) is 0.616. The summed E-state index contributed by atoms with van der Waals surface area (Å²) in [6, 6.07) is 0. The van der Waals surface area contributed by atoms with Crippen LogP contribution in [0.1, 0.15) is 80.6 Å². The molecule has 2 bridgehead atoms. The topological polar surface area (TPSA) is 116 Å². The van der Waals surface area contributed by atoms with Crippen LogP contribution in [0.25, 0.3) is 0 Å². The van der Waals surface area contributed by atoms with Gasteiger partial charge in [-0.05, 0) is 65.7 Å². The van der Waals surface area contributed by atoms with Crippen LogP contribution in [0.5, 0.6) is 0 Å². The average Bonchev–Trinajstić information content (AvgIpc) is 3.15. The molecule has 8 nitrogen and oxygen atoms in total. The van der Waals surface area contributed by atoms with E-state index in [-0.39, 0.29) is 37.2 Å². The van der Waals surface area contributed by atoms with Gasteiger partial charge in [0.2, 0.25) is 6.29 Å². The minimum atomic E-state index is -1.39. The number of ether oxygens (including phenoxy) is 3. The summed E-state index contributed by atoms with van der Waals surface area (Å²) in [5.41, 5.74) is -3.66. The van der Waals surface area contributed by atoms with E-state index in [1.807, 2.05) is 6.92 Å². The second-order valence-corrected chi connectivity index (χ2v) is 12.8. The van der Waals surface area contributed by atoms with E-state index in [0.29, 0.717) is 6.42 Å². The third kappa shape index (κ3) is 3.55. The summed E-state index contributed by atoms with van der Waals surface area (Å²) in [6.45, 7) is 12.3. The van der Waals surface area contributed by atoms with E-state index in [1.54, 1.807) is 41.5 Å². The SMILES string of the molecule is CC[C@]12CC(=O)C[C@@H](O)[C@H]1[C@@H]1[C@H]3CC(=O)[C@@]1([C@H](OC(=O)C(C)(C)C)O3)[C@@H](OC(=O)C(C)(C)C)C2. The Labute approximate surface area is 201 Å². The van der Waals surface area contributed by atoms with Crippen LogP contribution in [-0.2, 0) is 33.4 Å². The predicted octanol–water partition coefficient (Wildman–Crippen LogP) is 2.97. The zero-order chi connectivity index (χ0) is 25.4. The minimum Gasteiger partial charge on any atom is -0.461 e. The zero-order valence-electron chi connectivity index (χ0n) is 21.3. The molecular weight excluding hydrogens is 440 g/mol. The highest BCUT2D eigenvalue weighted by Gasteiger charge is 2.79. The summed E-state index contributed by atoms with van der Waals surface area (Å²) in [4.78, 5) is 52.2. The molecule has 8 atom stereocenters. The van der Waals surface area contributed by atoms with Gasteiger partial charge < -0.3 is 19.3 Å². The van der Waals surface area contributed by atoms with Gasteiger partial charge in [-0.15, -0.1) is 0 Å². The van der Waals surface area contributed by atoms with Crippen molar-refractivity contribution in [3.05, 3.63) is 0 Å². The Morgan fingerprint density at radius 1 is 1.00 bits per heavy atom. The van der Waals surface area contributed by atoms with E-state index >= 15 is 0 Å². The van der Waals surface area contributed by atoms with Crippen LogP contribution >= 0.6 is 0 Å². The number of hydrogen-bond acceptors (Lipinski definition) is 8. The van der Waals surface area contributed by atoms with Gasteiger partial charge in [-0.2, -0.15) is 0 Å². The Balaban J connectivity index is 1.84. The van der Waals surface area contributed by atoms with Crippen LogP contribution in [0.15, 0.2) is 0 Å². The second-order valence-electron chi connectivity index (χ2n) is 12.8. The van der Waals surface area contributed by atoms with Crippen molar-refractivity contribution in [2.75, 3.05) is 0 Å². The number of aliphatic hydroxyl groups excluding tert-OH is 1. The Kier molecular flexibility index (Phi) is 5.84. The normalized spacial score (nSPS) is 41.6. The lowest BCUT2D eigenvalue weighted by atomic mass is 9.47. The van der Waals surface area contributed by atoms with Gasteiger partial charge in [0, 0.05) is 25.2 Å². The molecule has 0 aromatic heterocycles. The maximum absolute atomic E-state index is 13.7. The van der Waals surface area contributed by atoms with E-state index in [1.165, 1.54) is 0 Å². The molecule has 0 aromatic carbocycles. The van der Waals surface area contributed by atoms with E-state index in [9.17, 15) is 24.3 Å². The first-order valence-electron chi connectivity index (χ1n) is 12.4. The Bertz CT molecular complexity index is 911. The first-order valence-corrected chi connectivity index (χ1v) is 12.4. The highest BCUT2D eigenvalue weighted by molar-refractivity contribution is 5.92. The summed E-state index contributed by atoms with van der Waals surface area (Å²) in [7, 11) is 0. The summed E-state index contributed by atoms with van der Waals surface area (Å²) in [5, 5.41) is 11.2. The fraction of sp³-hybridized carbons (Fsp3) is 0.846. The fourth-order valence-corrected chi connectivity index (χ4v) is 6.81. The van der Waals surface area contributed by atoms with Crippen molar-refractivity contribution in [3.8, 4) is 0 Å². The lowest BCUT2D eigenvalue weighted by Crippen LogP contribution is -2.65. The van der Waals surface area contributed by atoms with E-state index in [4.69, 9.17) is 14.2 Å². The molecule has 1 aliphatic heterocycles. The molecule has 0 unspecified atom stereocenters. The van der Waals surface area contributed by atoms with Crippen molar-refractivity contribution in [2.45, 2.75) is 105 Å². The van der Waals surface area contributed by atoms with E-state index < -0.39 is 70.0 Å². The van der Waals surface area contributed by atoms with Gasteiger partial charge in [0.1, 0.15) is 17.3 Å². The van der Waals surface area contributed by atoms with Crippen molar-refractivity contribution < 1.29 is 38.5 Å². The third-order valence-electron chi connectivity index (χ3n) is 8.52. The van der Waals surface area contributed by atoms with E-state index in [2.05, 4.69) is 0 Å². The average molecular weight is 479 g/mol. The molecule has 1 N–H and O–H groups in total. The van der Waals surface area contributed by atoms with Gasteiger partial charge in [0.25, 0.3) is 0 Å². The molecule has 4 fully saturated rings. The van der Waals surface area contributed by atoms with Gasteiger partial charge in [0.05, 0.1) is 23.0 Å². The van der Waals surface area contributed by atoms with Gasteiger partial charge in [0.15, 0.2) is 5.78 Å². The molecule has 34 heavy (non-hydrogen) atoms. The summed E-state index contributed by atoms with van der Waals surface area (Å²) in [6.07, 6.45) is -2.41. The van der Waals surface area contributed by atoms with Crippen LogP contribution in [-0.4, -0.2) is 53.2 Å². The predicted molar refractivity (Wildman–Crippen MR) is 120 cm³/mol. The number of carbonyl (C=O) groups excluding carboxylic acids is 4. The van der Waals surface area contributed by atoms with Crippen LogP contribution in [0, 0.1) is 33.5 Å². The minimum absolute atomic E-state index is 0.0266. The maximum Gasteiger partial charge on any atom is 0.313 e. The number of hydrogen-bond donors (Lipinski definition) is 1. The van der Waals surface area contributed by atoms with Crippen LogP contribution < -0.4 is 0 Å². The van der Waals surface area contributed by atoms with Crippen molar-refractivity contribution in [1.82, 2.24) is 0 Å². The lowest BCUT2D eigenvalue weighted by Gasteiger charge is -2.58. The van der Waals surface area contributed by atoms with Crippen LogP contribution in [0.4, 0.5) is 0 Å². The van der Waals surface area contributed by atoms with Gasteiger partial charge in [-0.1, -0.05) is 6.92 Å². The van der Waals surface area contributed by atoms with Gasteiger partial charge in [-0.25, -0.2) is 0 Å². The molecule has 8 heteroatoms. The Morgan fingerprint density at radius 3 is 2.15 bits per heavy atom. The van der Waals surface area contributed by atoms with Crippen molar-refractivity contribution in [1.29, 1.82) is 0 Å². The number of aliphatic hydroxyl groups is 1. The molecule has 1 heterocycles. The number of carbonyl (C=O) groups is 4. The standard InChI is InChI=1S/C26H38O8/c1-8-25-11-13(27)9-14(28)18(25)19-15-10-16(29)26(19,17(12-25)33-20(30)23(2,3)4)22(32-15)34-21(31)24(5,6)7/h14-15,17-19,22,28H,8-12H2,1-7H3/t14-,15-,17+,18+,19+,22+,25-,26-/m1/s1. The zero-order valence-corrected chi connectivity index (χ0v) is 21.3. The largest absolute Gasteiger partial charge is 0.461 e. The number of rotatable bonds is 3. The smallest absolute Gasteiger partial charge is 0.313 e. The molecule has 0 aromatic rings. The van der Waals surface area contributed by atoms with Crippen molar-refractivity contribution in [3.63, 3.8) is 0 Å². The monoisotopic (exact) mass is 478 g/mol. The molecule has 190 valence electrons. The number of ketones is 2. The van der Waals surface area contributed by atoms with E-state index in [0.717, 1.165) is 0 Å². The maximum atomic E-state index is 13.7. The highest BCUT2D eigenvalue weighted by Crippen LogP contribution is 2.69. The lowest BCUT2D eigenvalue weighted by molar-refractivity contribution is -0.238. The number of esters is 2. The molecule has 1 saturated heterocycles. The summed E-state index contributed by atoms with van der Waals surface area (Å²) in [5.74, 6) is -2.08. The fourth-order valence-electron chi connectivity index (χ4n) is 6.81. The first-order chi connectivity index (χ1) is 15.6. The van der Waals surface area contributed by atoms with Crippen LogP contribution in [0.3, 0.4) is 0 Å². The first kappa shape index (κ1) is 25.3. The van der Waals surface area contributed by atoms with Crippen LogP contribution in [0.2, 0.25) is 0 Å². The molecule has 0 radical (unpaired) electrons. The number of Topliss-reactive ketones (excluding diaryl/α,β-unsaturated/α-hetero) is 2. The van der Waals surface area contributed by atoms with Crippen molar-refractivity contribution >= 4 is 23.5 Å². The third-order valence-corrected chi connectivity index (χ3v) is 8.52. The van der Waals surface area contributed by atoms with Gasteiger partial charge in [-0.3, -0.25) is 19.2 Å².